The van der Waals surface area contributed by atoms with Gasteiger partial charge in [0, 0.05) is 11.1 Å². The van der Waals surface area contributed by atoms with Crippen LogP contribution in [0.1, 0.15) is 19.4 Å². The molecule has 0 aliphatic carbocycles. The minimum absolute atomic E-state index is 0.160. The van der Waals surface area contributed by atoms with Crippen LogP contribution in [0.25, 0.3) is 0 Å². The summed E-state index contributed by atoms with van der Waals surface area (Å²) in [6, 6.07) is 11.3. The van der Waals surface area contributed by atoms with Gasteiger partial charge in [0.1, 0.15) is 5.75 Å². The van der Waals surface area contributed by atoms with Crippen LogP contribution in [-0.4, -0.2) is 28.3 Å². The van der Waals surface area contributed by atoms with Crippen molar-refractivity contribution in [2.45, 2.75) is 32.4 Å². The lowest BCUT2D eigenvalue weighted by atomic mass is 10.1. The van der Waals surface area contributed by atoms with Crippen LogP contribution in [0.3, 0.4) is 0 Å². The average molecular weight is 350 g/mol. The van der Waals surface area contributed by atoms with Crippen LogP contribution in [0.15, 0.2) is 42.5 Å². The molecule has 1 amide bonds. The topological polar surface area (TPSA) is 78.8 Å². The number of halogens is 1. The third-order valence-electron chi connectivity index (χ3n) is 3.45. The van der Waals surface area contributed by atoms with Crippen LogP contribution in [0, 0.1) is 0 Å². The molecule has 128 valence electrons. The molecule has 0 aromatic heterocycles. The summed E-state index contributed by atoms with van der Waals surface area (Å²) in [5.41, 5.74) is 0.807. The van der Waals surface area contributed by atoms with E-state index in [2.05, 4.69) is 5.32 Å². The standard InChI is InChI=1S/C18H20ClNO4/c1-11(8-13-6-7-16(21)17(22)9-13)20-18(23)12(2)24-15-5-3-4-14(19)10-15/h3-7,9-12,21-22H,8H2,1-2H3,(H,20,23)/t11-,12+/m0/s1. The second kappa shape index (κ2) is 7.93. The SMILES string of the molecule is C[C@@H](Cc1ccc(O)c(O)c1)NC(=O)[C@@H](C)Oc1cccc(Cl)c1. The molecule has 2 atom stereocenters. The highest BCUT2D eigenvalue weighted by Crippen LogP contribution is 2.25. The maximum atomic E-state index is 12.2. The Balaban J connectivity index is 1.89. The predicted octanol–water partition coefficient (Wildman–Crippen LogP) is 3.27. The third kappa shape index (κ3) is 5.06. The maximum Gasteiger partial charge on any atom is 0.260 e. The Labute approximate surface area is 145 Å². The number of benzene rings is 2. The van der Waals surface area contributed by atoms with Crippen LogP contribution in [0.4, 0.5) is 0 Å². The van der Waals surface area contributed by atoms with E-state index in [-0.39, 0.29) is 23.4 Å². The van der Waals surface area contributed by atoms with Gasteiger partial charge in [-0.2, -0.15) is 0 Å². The number of carbonyl (C=O) groups excluding carboxylic acids is 1. The molecular weight excluding hydrogens is 330 g/mol. The molecule has 2 aromatic carbocycles. The van der Waals surface area contributed by atoms with E-state index in [9.17, 15) is 15.0 Å². The maximum absolute atomic E-state index is 12.2. The minimum Gasteiger partial charge on any atom is -0.504 e. The highest BCUT2D eigenvalue weighted by atomic mass is 35.5. The lowest BCUT2D eigenvalue weighted by Crippen LogP contribution is -2.42. The first-order chi connectivity index (χ1) is 11.3. The fourth-order valence-corrected chi connectivity index (χ4v) is 2.44. The van der Waals surface area contributed by atoms with E-state index in [0.717, 1.165) is 5.56 Å². The van der Waals surface area contributed by atoms with E-state index in [0.29, 0.717) is 17.2 Å². The van der Waals surface area contributed by atoms with Gasteiger partial charge in [-0.1, -0.05) is 23.7 Å². The van der Waals surface area contributed by atoms with E-state index >= 15 is 0 Å². The van der Waals surface area contributed by atoms with Crippen molar-refractivity contribution in [3.8, 4) is 17.2 Å². The monoisotopic (exact) mass is 349 g/mol. The van der Waals surface area contributed by atoms with Gasteiger partial charge in [0.2, 0.25) is 0 Å². The summed E-state index contributed by atoms with van der Waals surface area (Å²) in [4.78, 5) is 12.2. The Morgan fingerprint density at radius 1 is 1.17 bits per heavy atom. The molecule has 0 aliphatic heterocycles. The van der Waals surface area contributed by atoms with Gasteiger partial charge in [-0.3, -0.25) is 4.79 Å². The zero-order chi connectivity index (χ0) is 17.7. The minimum atomic E-state index is -0.667. The van der Waals surface area contributed by atoms with Gasteiger partial charge in [-0.15, -0.1) is 0 Å². The van der Waals surface area contributed by atoms with Crippen LogP contribution < -0.4 is 10.1 Å². The Morgan fingerprint density at radius 2 is 1.92 bits per heavy atom. The van der Waals surface area contributed by atoms with Gasteiger partial charge in [-0.25, -0.2) is 0 Å². The molecule has 0 saturated carbocycles. The predicted molar refractivity (Wildman–Crippen MR) is 92.6 cm³/mol. The summed E-state index contributed by atoms with van der Waals surface area (Å²) >= 11 is 5.89. The zero-order valence-corrected chi connectivity index (χ0v) is 14.2. The molecule has 0 spiro atoms. The summed E-state index contributed by atoms with van der Waals surface area (Å²) < 4.78 is 5.57. The van der Waals surface area contributed by atoms with E-state index in [1.165, 1.54) is 12.1 Å². The molecule has 0 unspecified atom stereocenters. The van der Waals surface area contributed by atoms with Gasteiger partial charge >= 0.3 is 0 Å². The normalized spacial score (nSPS) is 13.1. The number of phenols is 2. The molecule has 2 aromatic rings. The number of hydrogen-bond acceptors (Lipinski definition) is 4. The zero-order valence-electron chi connectivity index (χ0n) is 13.5. The first-order valence-corrected chi connectivity index (χ1v) is 7.96. The Kier molecular flexibility index (Phi) is 5.93. The van der Waals surface area contributed by atoms with Crippen molar-refractivity contribution in [1.82, 2.24) is 5.32 Å². The van der Waals surface area contributed by atoms with Crippen molar-refractivity contribution in [3.05, 3.63) is 53.1 Å². The van der Waals surface area contributed by atoms with E-state index in [1.807, 2.05) is 6.92 Å². The quantitative estimate of drug-likeness (QED) is 0.699. The number of carbonyl (C=O) groups is 1. The summed E-state index contributed by atoms with van der Waals surface area (Å²) in [6.45, 7) is 3.52. The van der Waals surface area contributed by atoms with Crippen molar-refractivity contribution in [1.29, 1.82) is 0 Å². The second-order valence-corrected chi connectivity index (χ2v) is 6.09. The Morgan fingerprint density at radius 3 is 2.58 bits per heavy atom. The number of ether oxygens (including phenoxy) is 1. The molecule has 24 heavy (non-hydrogen) atoms. The number of nitrogens with one attached hydrogen (secondary N) is 1. The van der Waals surface area contributed by atoms with Crippen LogP contribution >= 0.6 is 11.6 Å². The van der Waals surface area contributed by atoms with Crippen LogP contribution in [0.5, 0.6) is 17.2 Å². The number of rotatable bonds is 6. The molecule has 3 N–H and O–H groups in total. The highest BCUT2D eigenvalue weighted by molar-refractivity contribution is 6.30. The molecule has 0 heterocycles. The van der Waals surface area contributed by atoms with Gasteiger partial charge < -0.3 is 20.3 Å². The van der Waals surface area contributed by atoms with E-state index in [4.69, 9.17) is 16.3 Å². The fraction of sp³-hybridized carbons (Fsp3) is 0.278. The molecule has 6 heteroatoms. The fourth-order valence-electron chi connectivity index (χ4n) is 2.26. The molecule has 0 fully saturated rings. The lowest BCUT2D eigenvalue weighted by Gasteiger charge is -2.19. The number of phenolic OH excluding ortho intramolecular Hbond substituents is 2. The number of hydrogen-bond donors (Lipinski definition) is 3. The van der Waals surface area contributed by atoms with E-state index < -0.39 is 6.10 Å². The molecule has 0 aliphatic rings. The summed E-state index contributed by atoms with van der Waals surface area (Å²) in [5, 5.41) is 22.2. The van der Waals surface area contributed by atoms with Crippen molar-refractivity contribution < 1.29 is 19.7 Å². The van der Waals surface area contributed by atoms with Gasteiger partial charge in [0.05, 0.1) is 0 Å². The third-order valence-corrected chi connectivity index (χ3v) is 3.68. The number of amides is 1. The number of aromatic hydroxyl groups is 2. The Bertz CT molecular complexity index is 720. The van der Waals surface area contributed by atoms with Gasteiger partial charge in [-0.05, 0) is 56.2 Å². The summed E-state index contributed by atoms with van der Waals surface area (Å²) in [5.74, 6) is -0.0607. The van der Waals surface area contributed by atoms with E-state index in [1.54, 1.807) is 37.3 Å². The molecule has 0 bridgehead atoms. The van der Waals surface area contributed by atoms with Gasteiger partial charge in [0.25, 0.3) is 5.91 Å². The van der Waals surface area contributed by atoms with Crippen molar-refractivity contribution in [2.24, 2.45) is 0 Å². The first-order valence-electron chi connectivity index (χ1n) is 7.58. The van der Waals surface area contributed by atoms with Gasteiger partial charge in [0.15, 0.2) is 17.6 Å². The van der Waals surface area contributed by atoms with Crippen LogP contribution in [-0.2, 0) is 11.2 Å². The molecule has 2 rings (SSSR count). The first kappa shape index (κ1) is 17.9. The van der Waals surface area contributed by atoms with Crippen molar-refractivity contribution >= 4 is 17.5 Å². The molecule has 0 radical (unpaired) electrons. The van der Waals surface area contributed by atoms with Crippen molar-refractivity contribution in [2.75, 3.05) is 0 Å². The smallest absolute Gasteiger partial charge is 0.260 e. The molecule has 0 saturated heterocycles. The second-order valence-electron chi connectivity index (χ2n) is 5.65. The van der Waals surface area contributed by atoms with Crippen molar-refractivity contribution in [3.63, 3.8) is 0 Å². The highest BCUT2D eigenvalue weighted by Gasteiger charge is 2.17. The summed E-state index contributed by atoms with van der Waals surface area (Å²) in [6.07, 6.45) is -0.150. The average Bonchev–Trinajstić information content (AvgIpc) is 2.50. The van der Waals surface area contributed by atoms with Crippen LogP contribution in [0.2, 0.25) is 5.02 Å². The molecular formula is C18H20ClNO4. The lowest BCUT2D eigenvalue weighted by molar-refractivity contribution is -0.127. The molecule has 5 nitrogen and oxygen atoms in total. The largest absolute Gasteiger partial charge is 0.504 e. The summed E-state index contributed by atoms with van der Waals surface area (Å²) in [7, 11) is 0. The Hall–Kier alpha value is -2.40.